The second-order valence-corrected chi connectivity index (χ2v) is 10.9. The maximum atomic E-state index is 13.4. The Bertz CT molecular complexity index is 1480. The number of hydrogen-bond donors (Lipinski definition) is 2. The molecule has 2 fully saturated rings. The second-order valence-electron chi connectivity index (χ2n) is 10.9. The van der Waals surface area contributed by atoms with Gasteiger partial charge in [-0.25, -0.2) is 4.98 Å². The number of nitrogens with zero attached hydrogens (tertiary/aromatic N) is 2. The molecule has 2 aliphatic rings. The van der Waals surface area contributed by atoms with Crippen molar-refractivity contribution >= 4 is 22.8 Å². The highest BCUT2D eigenvalue weighted by atomic mass is 16.5. The summed E-state index contributed by atoms with van der Waals surface area (Å²) in [6.45, 7) is 0.615. The number of methoxy groups -OCH3 is 1. The highest BCUT2D eigenvalue weighted by molar-refractivity contribution is 6.07. The zero-order valence-corrected chi connectivity index (χ0v) is 21.4. The van der Waals surface area contributed by atoms with Gasteiger partial charge in [0.25, 0.3) is 5.91 Å². The number of fused-ring (bicyclic) bond motifs is 1. The minimum atomic E-state index is -0.722. The van der Waals surface area contributed by atoms with Crippen molar-refractivity contribution in [3.05, 3.63) is 84.2 Å². The first-order valence-electron chi connectivity index (χ1n) is 13.1. The van der Waals surface area contributed by atoms with E-state index in [4.69, 9.17) is 9.84 Å². The largest absolute Gasteiger partial charge is 0.481 e. The van der Waals surface area contributed by atoms with Crippen LogP contribution in [0.2, 0.25) is 0 Å². The molecule has 194 valence electrons. The Morgan fingerprint density at radius 2 is 1.74 bits per heavy atom. The van der Waals surface area contributed by atoms with Gasteiger partial charge in [-0.1, -0.05) is 54.6 Å². The number of amides is 1. The van der Waals surface area contributed by atoms with E-state index in [1.807, 2.05) is 30.5 Å². The van der Waals surface area contributed by atoms with E-state index in [1.54, 1.807) is 13.3 Å². The van der Waals surface area contributed by atoms with Crippen molar-refractivity contribution in [2.45, 2.75) is 44.7 Å². The van der Waals surface area contributed by atoms with Crippen molar-refractivity contribution < 1.29 is 19.4 Å². The quantitative estimate of drug-likeness (QED) is 0.326. The fourth-order valence-corrected chi connectivity index (χ4v) is 6.53. The number of pyridine rings is 1. The van der Waals surface area contributed by atoms with Gasteiger partial charge in [0.2, 0.25) is 5.88 Å². The minimum Gasteiger partial charge on any atom is -0.481 e. The Morgan fingerprint density at radius 3 is 2.42 bits per heavy atom. The van der Waals surface area contributed by atoms with Gasteiger partial charge >= 0.3 is 5.97 Å². The number of ether oxygens (including phenoxy) is 1. The number of nitrogens with one attached hydrogen (secondary N) is 1. The SMILES string of the molecule is COc1ncc(C(=O)NC2CC3(CC(CC(=O)O)C3)C2)c2c1ccn2Cc1ccc(-c2ccccc2)cc1. The molecule has 2 heterocycles. The average molecular weight is 510 g/mol. The van der Waals surface area contributed by atoms with Crippen LogP contribution in [0.1, 0.15) is 48.0 Å². The van der Waals surface area contributed by atoms with Crippen LogP contribution in [0.4, 0.5) is 0 Å². The maximum Gasteiger partial charge on any atom is 0.303 e. The van der Waals surface area contributed by atoms with Crippen LogP contribution < -0.4 is 10.1 Å². The number of aliphatic carboxylic acids is 1. The molecule has 2 aromatic carbocycles. The van der Waals surface area contributed by atoms with Gasteiger partial charge in [0.05, 0.1) is 23.6 Å². The van der Waals surface area contributed by atoms with Crippen LogP contribution in [0.5, 0.6) is 5.88 Å². The van der Waals surface area contributed by atoms with Crippen LogP contribution >= 0.6 is 0 Å². The Balaban J connectivity index is 1.19. The molecule has 0 radical (unpaired) electrons. The number of aromatic nitrogens is 2. The summed E-state index contributed by atoms with van der Waals surface area (Å²) >= 11 is 0. The van der Waals surface area contributed by atoms with Crippen molar-refractivity contribution in [1.82, 2.24) is 14.9 Å². The van der Waals surface area contributed by atoms with Gasteiger partial charge in [-0.15, -0.1) is 0 Å². The highest BCUT2D eigenvalue weighted by Gasteiger charge is 2.53. The summed E-state index contributed by atoms with van der Waals surface area (Å²) in [7, 11) is 1.59. The van der Waals surface area contributed by atoms with Crippen LogP contribution in [-0.2, 0) is 11.3 Å². The molecule has 0 bridgehead atoms. The zero-order valence-electron chi connectivity index (χ0n) is 21.4. The standard InChI is InChI=1S/C31H31N3O4/c1-38-30-25-11-12-34(19-20-7-9-23(10-8-20)22-5-3-2-4-6-22)28(25)26(18-32-30)29(37)33-24-16-31(17-24)14-21(15-31)13-27(35)36/h2-12,18,21,24H,13-17,19H2,1H3,(H,33,37)(H,35,36). The van der Waals surface area contributed by atoms with Gasteiger partial charge in [0.15, 0.2) is 0 Å². The summed E-state index contributed by atoms with van der Waals surface area (Å²) in [5.74, 6) is -0.0816. The third kappa shape index (κ3) is 4.53. The molecule has 2 saturated carbocycles. The first-order chi connectivity index (χ1) is 18.4. The van der Waals surface area contributed by atoms with Gasteiger partial charge in [-0.05, 0) is 59.8 Å². The smallest absolute Gasteiger partial charge is 0.303 e. The minimum absolute atomic E-state index is 0.111. The maximum absolute atomic E-state index is 13.4. The van der Waals surface area contributed by atoms with Crippen molar-refractivity contribution in [1.29, 1.82) is 0 Å². The predicted octanol–water partition coefficient (Wildman–Crippen LogP) is 5.52. The number of carboxylic acids is 1. The molecule has 1 amide bonds. The molecule has 0 saturated heterocycles. The van der Waals surface area contributed by atoms with E-state index in [9.17, 15) is 9.59 Å². The summed E-state index contributed by atoms with van der Waals surface area (Å²) in [4.78, 5) is 28.8. The summed E-state index contributed by atoms with van der Waals surface area (Å²) in [6, 6.07) is 20.8. The molecule has 7 heteroatoms. The van der Waals surface area contributed by atoms with Crippen molar-refractivity contribution in [3.8, 4) is 17.0 Å². The van der Waals surface area contributed by atoms with Crippen molar-refractivity contribution in [2.24, 2.45) is 11.3 Å². The normalized spacial score (nSPS) is 22.0. The van der Waals surface area contributed by atoms with E-state index >= 15 is 0 Å². The number of carbonyl (C=O) groups is 2. The van der Waals surface area contributed by atoms with Crippen LogP contribution in [0, 0.1) is 11.3 Å². The first-order valence-corrected chi connectivity index (χ1v) is 13.1. The van der Waals surface area contributed by atoms with E-state index in [-0.39, 0.29) is 29.7 Å². The van der Waals surface area contributed by atoms with Crippen molar-refractivity contribution in [2.75, 3.05) is 7.11 Å². The molecule has 7 nitrogen and oxygen atoms in total. The van der Waals surface area contributed by atoms with Gasteiger partial charge in [-0.2, -0.15) is 0 Å². The van der Waals surface area contributed by atoms with Gasteiger partial charge < -0.3 is 19.7 Å². The molecule has 0 unspecified atom stereocenters. The molecule has 1 spiro atoms. The Labute approximate surface area is 221 Å². The third-order valence-corrected chi connectivity index (χ3v) is 8.21. The molecule has 4 aromatic rings. The molecule has 0 aliphatic heterocycles. The Morgan fingerprint density at radius 1 is 1.03 bits per heavy atom. The van der Waals surface area contributed by atoms with E-state index in [0.717, 1.165) is 47.7 Å². The molecular formula is C31H31N3O4. The Hall–Kier alpha value is -4.13. The number of carbonyl (C=O) groups excluding carboxylic acids is 1. The second kappa shape index (κ2) is 9.63. The van der Waals surface area contributed by atoms with Crippen LogP contribution in [0.25, 0.3) is 22.0 Å². The van der Waals surface area contributed by atoms with E-state index in [0.29, 0.717) is 18.0 Å². The lowest BCUT2D eigenvalue weighted by Gasteiger charge is -2.57. The predicted molar refractivity (Wildman–Crippen MR) is 145 cm³/mol. The molecule has 0 atom stereocenters. The molecule has 2 N–H and O–H groups in total. The Kier molecular flexibility index (Phi) is 6.14. The van der Waals surface area contributed by atoms with Gasteiger partial charge in [-0.3, -0.25) is 9.59 Å². The average Bonchev–Trinajstić information content (AvgIpc) is 3.30. The lowest BCUT2D eigenvalue weighted by Crippen LogP contribution is -2.56. The topological polar surface area (TPSA) is 93.4 Å². The van der Waals surface area contributed by atoms with Crippen LogP contribution in [-0.4, -0.2) is 39.7 Å². The number of benzene rings is 2. The fourth-order valence-electron chi connectivity index (χ4n) is 6.53. The molecule has 2 aromatic heterocycles. The van der Waals surface area contributed by atoms with E-state index in [2.05, 4.69) is 51.3 Å². The van der Waals surface area contributed by atoms with E-state index < -0.39 is 5.97 Å². The third-order valence-electron chi connectivity index (χ3n) is 8.21. The number of rotatable bonds is 8. The van der Waals surface area contributed by atoms with Crippen molar-refractivity contribution in [3.63, 3.8) is 0 Å². The van der Waals surface area contributed by atoms with E-state index in [1.165, 1.54) is 5.56 Å². The summed E-state index contributed by atoms with van der Waals surface area (Å²) in [6.07, 6.45) is 7.56. The fraction of sp³-hybridized carbons (Fsp3) is 0.323. The van der Waals surface area contributed by atoms with Gasteiger partial charge in [0, 0.05) is 31.4 Å². The summed E-state index contributed by atoms with van der Waals surface area (Å²) in [5.41, 5.74) is 5.03. The first kappa shape index (κ1) is 24.2. The number of hydrogen-bond acceptors (Lipinski definition) is 4. The highest BCUT2D eigenvalue weighted by Crippen LogP contribution is 2.59. The molecule has 38 heavy (non-hydrogen) atoms. The lowest BCUT2D eigenvalue weighted by atomic mass is 9.49. The van der Waals surface area contributed by atoms with Crippen LogP contribution in [0.3, 0.4) is 0 Å². The zero-order chi connectivity index (χ0) is 26.3. The lowest BCUT2D eigenvalue weighted by molar-refractivity contribution is -0.142. The summed E-state index contributed by atoms with van der Waals surface area (Å²) in [5, 5.41) is 13.0. The molecule has 6 rings (SSSR count). The summed E-state index contributed by atoms with van der Waals surface area (Å²) < 4.78 is 7.57. The number of carboxylic acid groups (broad SMARTS) is 1. The monoisotopic (exact) mass is 509 g/mol. The molecule has 2 aliphatic carbocycles. The van der Waals surface area contributed by atoms with Gasteiger partial charge in [0.1, 0.15) is 0 Å². The van der Waals surface area contributed by atoms with Crippen LogP contribution in [0.15, 0.2) is 73.1 Å². The molecular weight excluding hydrogens is 478 g/mol.